The standard InChI is InChI=1S/C18H14ClN7O/c1-27-14-8-6-13(7-9-14)26-17(23-24-25-26)15-10-21-18(20)22-16(15)11-2-4-12(19)5-3-11/h2-10H,1H3,(H2,20,21,22). The first kappa shape index (κ1) is 16.9. The fraction of sp³-hybridized carbons (Fsp3) is 0.0556. The maximum absolute atomic E-state index is 6.00. The molecule has 134 valence electrons. The number of nitrogens with two attached hydrogens (primary N) is 1. The van der Waals surface area contributed by atoms with Crippen LogP contribution in [0.1, 0.15) is 0 Å². The first-order valence-corrected chi connectivity index (χ1v) is 8.35. The van der Waals surface area contributed by atoms with Gasteiger partial charge in [0.15, 0.2) is 5.82 Å². The lowest BCUT2D eigenvalue weighted by Gasteiger charge is -2.10. The van der Waals surface area contributed by atoms with E-state index in [0.717, 1.165) is 17.0 Å². The molecule has 0 spiro atoms. The molecule has 2 aromatic carbocycles. The molecule has 0 saturated carbocycles. The van der Waals surface area contributed by atoms with Gasteiger partial charge in [-0.25, -0.2) is 9.97 Å². The molecular weight excluding hydrogens is 366 g/mol. The first-order valence-electron chi connectivity index (χ1n) is 7.97. The van der Waals surface area contributed by atoms with Crippen LogP contribution in [0.5, 0.6) is 5.75 Å². The molecule has 4 rings (SSSR count). The zero-order chi connectivity index (χ0) is 18.8. The van der Waals surface area contributed by atoms with Gasteiger partial charge in [-0.3, -0.25) is 0 Å². The third-order valence-electron chi connectivity index (χ3n) is 3.95. The largest absolute Gasteiger partial charge is 0.497 e. The van der Waals surface area contributed by atoms with Crippen LogP contribution in [0.3, 0.4) is 0 Å². The Morgan fingerprint density at radius 3 is 2.48 bits per heavy atom. The number of hydrogen-bond donors (Lipinski definition) is 1. The fourth-order valence-electron chi connectivity index (χ4n) is 2.64. The second-order valence-corrected chi connectivity index (χ2v) is 6.05. The summed E-state index contributed by atoms with van der Waals surface area (Å²) in [5.74, 6) is 1.39. The Labute approximate surface area is 159 Å². The van der Waals surface area contributed by atoms with E-state index in [0.29, 0.717) is 22.1 Å². The first-order chi connectivity index (χ1) is 13.2. The highest BCUT2D eigenvalue weighted by Crippen LogP contribution is 2.31. The zero-order valence-corrected chi connectivity index (χ0v) is 15.0. The number of benzene rings is 2. The van der Waals surface area contributed by atoms with Crippen molar-refractivity contribution in [1.82, 2.24) is 30.2 Å². The van der Waals surface area contributed by atoms with Crippen molar-refractivity contribution in [2.24, 2.45) is 0 Å². The van der Waals surface area contributed by atoms with Crippen molar-refractivity contribution < 1.29 is 4.74 Å². The van der Waals surface area contributed by atoms with E-state index in [9.17, 15) is 0 Å². The van der Waals surface area contributed by atoms with Crippen molar-refractivity contribution >= 4 is 17.5 Å². The highest BCUT2D eigenvalue weighted by atomic mass is 35.5. The molecule has 0 unspecified atom stereocenters. The van der Waals surface area contributed by atoms with Crippen LogP contribution < -0.4 is 10.5 Å². The SMILES string of the molecule is COc1ccc(-n2nnnc2-c2cnc(N)nc2-c2ccc(Cl)cc2)cc1. The normalized spacial score (nSPS) is 10.7. The molecule has 2 heterocycles. The van der Waals surface area contributed by atoms with Crippen molar-refractivity contribution in [3.8, 4) is 34.1 Å². The molecule has 0 atom stereocenters. The predicted octanol–water partition coefficient (Wildman–Crippen LogP) is 3.03. The fourth-order valence-corrected chi connectivity index (χ4v) is 2.77. The van der Waals surface area contributed by atoms with E-state index < -0.39 is 0 Å². The monoisotopic (exact) mass is 379 g/mol. The number of halogens is 1. The van der Waals surface area contributed by atoms with Gasteiger partial charge in [-0.2, -0.15) is 4.68 Å². The minimum absolute atomic E-state index is 0.159. The summed E-state index contributed by atoms with van der Waals surface area (Å²) in [5, 5.41) is 12.7. The van der Waals surface area contributed by atoms with Gasteiger partial charge in [-0.05, 0) is 46.8 Å². The third kappa shape index (κ3) is 3.30. The van der Waals surface area contributed by atoms with E-state index in [1.807, 2.05) is 36.4 Å². The van der Waals surface area contributed by atoms with Gasteiger partial charge in [0.1, 0.15) is 5.75 Å². The molecule has 4 aromatic rings. The van der Waals surface area contributed by atoms with E-state index in [4.69, 9.17) is 22.1 Å². The average Bonchev–Trinajstić information content (AvgIpc) is 3.18. The molecule has 0 aliphatic rings. The van der Waals surface area contributed by atoms with Gasteiger partial charge >= 0.3 is 0 Å². The highest BCUT2D eigenvalue weighted by Gasteiger charge is 2.18. The van der Waals surface area contributed by atoms with E-state index >= 15 is 0 Å². The van der Waals surface area contributed by atoms with Gasteiger partial charge in [-0.15, -0.1) is 5.10 Å². The van der Waals surface area contributed by atoms with Gasteiger partial charge in [0.2, 0.25) is 5.95 Å². The Morgan fingerprint density at radius 1 is 1.04 bits per heavy atom. The van der Waals surface area contributed by atoms with Crippen molar-refractivity contribution in [3.05, 3.63) is 59.8 Å². The minimum Gasteiger partial charge on any atom is -0.497 e. The Hall–Kier alpha value is -3.52. The van der Waals surface area contributed by atoms with E-state index in [1.165, 1.54) is 0 Å². The maximum Gasteiger partial charge on any atom is 0.220 e. The topological polar surface area (TPSA) is 105 Å². The van der Waals surface area contributed by atoms with Gasteiger partial charge < -0.3 is 10.5 Å². The second kappa shape index (κ2) is 7.00. The van der Waals surface area contributed by atoms with Crippen LogP contribution in [0.25, 0.3) is 28.3 Å². The molecule has 0 fully saturated rings. The van der Waals surface area contributed by atoms with Gasteiger partial charge in [0.25, 0.3) is 0 Å². The van der Waals surface area contributed by atoms with Crippen LogP contribution >= 0.6 is 11.6 Å². The number of tetrazole rings is 1. The van der Waals surface area contributed by atoms with Crippen LogP contribution in [0.15, 0.2) is 54.7 Å². The molecule has 0 aliphatic heterocycles. The smallest absolute Gasteiger partial charge is 0.220 e. The molecule has 0 aliphatic carbocycles. The Bertz CT molecular complexity index is 1080. The van der Waals surface area contributed by atoms with Gasteiger partial charge in [0.05, 0.1) is 24.1 Å². The van der Waals surface area contributed by atoms with E-state index in [2.05, 4.69) is 25.5 Å². The van der Waals surface area contributed by atoms with Crippen LogP contribution in [0.2, 0.25) is 5.02 Å². The average molecular weight is 380 g/mol. The van der Waals surface area contributed by atoms with Crippen LogP contribution in [0, 0.1) is 0 Å². The van der Waals surface area contributed by atoms with Gasteiger partial charge in [0, 0.05) is 16.8 Å². The molecule has 0 radical (unpaired) electrons. The lowest BCUT2D eigenvalue weighted by Crippen LogP contribution is -2.04. The molecule has 0 saturated heterocycles. The number of nitrogen functional groups attached to an aromatic ring is 1. The van der Waals surface area contributed by atoms with Crippen LogP contribution in [0.4, 0.5) is 5.95 Å². The number of rotatable bonds is 4. The maximum atomic E-state index is 6.00. The zero-order valence-electron chi connectivity index (χ0n) is 14.2. The second-order valence-electron chi connectivity index (χ2n) is 5.61. The minimum atomic E-state index is 0.159. The summed E-state index contributed by atoms with van der Waals surface area (Å²) in [7, 11) is 1.61. The summed E-state index contributed by atoms with van der Waals surface area (Å²) in [5.41, 5.74) is 8.67. The number of methoxy groups -OCH3 is 1. The molecule has 0 bridgehead atoms. The van der Waals surface area contributed by atoms with Crippen LogP contribution in [-0.2, 0) is 0 Å². The molecule has 0 amide bonds. The van der Waals surface area contributed by atoms with E-state index in [1.54, 1.807) is 30.1 Å². The quantitative estimate of drug-likeness (QED) is 0.581. The third-order valence-corrected chi connectivity index (χ3v) is 4.20. The molecule has 8 nitrogen and oxygen atoms in total. The Balaban J connectivity index is 1.85. The molecule has 9 heteroatoms. The Kier molecular flexibility index (Phi) is 4.39. The van der Waals surface area contributed by atoms with Crippen LogP contribution in [-0.4, -0.2) is 37.3 Å². The lowest BCUT2D eigenvalue weighted by molar-refractivity contribution is 0.414. The predicted molar refractivity (Wildman–Crippen MR) is 102 cm³/mol. The van der Waals surface area contributed by atoms with Crippen molar-refractivity contribution in [3.63, 3.8) is 0 Å². The number of nitrogens with zero attached hydrogens (tertiary/aromatic N) is 6. The lowest BCUT2D eigenvalue weighted by atomic mass is 10.1. The number of ether oxygens (including phenoxy) is 1. The van der Waals surface area contributed by atoms with Crippen molar-refractivity contribution in [1.29, 1.82) is 0 Å². The van der Waals surface area contributed by atoms with Gasteiger partial charge in [-0.1, -0.05) is 23.7 Å². The molecule has 2 aromatic heterocycles. The van der Waals surface area contributed by atoms with Crippen molar-refractivity contribution in [2.75, 3.05) is 12.8 Å². The summed E-state index contributed by atoms with van der Waals surface area (Å²) in [6.07, 6.45) is 1.61. The molecule has 27 heavy (non-hydrogen) atoms. The summed E-state index contributed by atoms with van der Waals surface area (Å²) >= 11 is 6.00. The number of hydrogen-bond acceptors (Lipinski definition) is 7. The molecule has 2 N–H and O–H groups in total. The number of anilines is 1. The van der Waals surface area contributed by atoms with Crippen molar-refractivity contribution in [2.45, 2.75) is 0 Å². The summed E-state index contributed by atoms with van der Waals surface area (Å²) < 4.78 is 6.80. The Morgan fingerprint density at radius 2 is 1.78 bits per heavy atom. The summed E-state index contributed by atoms with van der Waals surface area (Å²) in [6, 6.07) is 14.7. The summed E-state index contributed by atoms with van der Waals surface area (Å²) in [6.45, 7) is 0. The number of aromatic nitrogens is 6. The highest BCUT2D eigenvalue weighted by molar-refractivity contribution is 6.30. The van der Waals surface area contributed by atoms with E-state index in [-0.39, 0.29) is 5.95 Å². The summed E-state index contributed by atoms with van der Waals surface area (Å²) in [4.78, 5) is 8.50. The molecular formula is C18H14ClN7O.